The van der Waals surface area contributed by atoms with Gasteiger partial charge in [0.25, 0.3) is 0 Å². The van der Waals surface area contributed by atoms with Crippen molar-refractivity contribution in [3.8, 4) is 0 Å². The first-order valence-corrected chi connectivity index (χ1v) is 6.07. The van der Waals surface area contributed by atoms with Gasteiger partial charge in [0.15, 0.2) is 0 Å². The predicted octanol–water partition coefficient (Wildman–Crippen LogP) is 1.70. The largest absolute Gasteiger partial charge is 0.478 e. The number of carboxylic acid groups (broad SMARTS) is 1. The Balaban J connectivity index is 2.23. The van der Waals surface area contributed by atoms with Gasteiger partial charge in [0.2, 0.25) is 0 Å². The quantitative estimate of drug-likeness (QED) is 0.865. The van der Waals surface area contributed by atoms with E-state index in [0.717, 1.165) is 24.5 Å². The van der Waals surface area contributed by atoms with E-state index in [0.29, 0.717) is 0 Å². The van der Waals surface area contributed by atoms with Crippen LogP contribution in [0.1, 0.15) is 29.8 Å². The van der Waals surface area contributed by atoms with Crippen LogP contribution in [0.3, 0.4) is 0 Å². The van der Waals surface area contributed by atoms with E-state index in [1.165, 1.54) is 6.20 Å². The number of aromatic nitrogens is 1. The lowest BCUT2D eigenvalue weighted by molar-refractivity contribution is -0.00547. The molecule has 2 rings (SSSR count). The summed E-state index contributed by atoms with van der Waals surface area (Å²) in [6.07, 6.45) is 1.75. The molecular weight excluding hydrogens is 232 g/mol. The Bertz CT molecular complexity index is 452. The number of morpholine rings is 1. The van der Waals surface area contributed by atoms with Crippen molar-refractivity contribution >= 4 is 11.8 Å². The van der Waals surface area contributed by atoms with E-state index in [1.807, 2.05) is 19.9 Å². The number of nitrogens with zero attached hydrogens (tertiary/aromatic N) is 2. The van der Waals surface area contributed by atoms with Crippen LogP contribution in [0.15, 0.2) is 12.3 Å². The summed E-state index contributed by atoms with van der Waals surface area (Å²) >= 11 is 0. The molecule has 0 bridgehead atoms. The van der Waals surface area contributed by atoms with E-state index in [2.05, 4.69) is 9.88 Å². The molecule has 0 spiro atoms. The summed E-state index contributed by atoms with van der Waals surface area (Å²) in [6, 6.07) is 1.83. The van der Waals surface area contributed by atoms with E-state index in [-0.39, 0.29) is 17.8 Å². The zero-order chi connectivity index (χ0) is 13.3. The molecule has 1 aromatic heterocycles. The predicted molar refractivity (Wildman–Crippen MR) is 68.2 cm³/mol. The molecule has 0 saturated carbocycles. The zero-order valence-corrected chi connectivity index (χ0v) is 10.9. The van der Waals surface area contributed by atoms with Crippen LogP contribution in [-0.2, 0) is 4.74 Å². The molecular formula is C13H18N2O3. The molecule has 1 fully saturated rings. The van der Waals surface area contributed by atoms with Crippen LogP contribution in [0.4, 0.5) is 5.82 Å². The fourth-order valence-electron chi connectivity index (χ4n) is 2.30. The van der Waals surface area contributed by atoms with E-state index < -0.39 is 5.97 Å². The number of anilines is 1. The molecule has 1 aromatic rings. The van der Waals surface area contributed by atoms with Crippen molar-refractivity contribution in [1.29, 1.82) is 0 Å². The molecule has 18 heavy (non-hydrogen) atoms. The third kappa shape index (κ3) is 2.61. The van der Waals surface area contributed by atoms with Crippen LogP contribution in [0, 0.1) is 6.92 Å². The van der Waals surface area contributed by atoms with Crippen molar-refractivity contribution in [2.24, 2.45) is 0 Å². The SMILES string of the molecule is Cc1cc(N2CC(C)OC(C)C2)ncc1C(=O)O. The van der Waals surface area contributed by atoms with Gasteiger partial charge in [-0.3, -0.25) is 0 Å². The second-order valence-corrected chi connectivity index (χ2v) is 4.82. The standard InChI is InChI=1S/C13H18N2O3/c1-8-4-12(14-5-11(8)13(16)17)15-6-9(2)18-10(3)7-15/h4-5,9-10H,6-7H2,1-3H3,(H,16,17). The van der Waals surface area contributed by atoms with Crippen LogP contribution in [0.2, 0.25) is 0 Å². The van der Waals surface area contributed by atoms with Gasteiger partial charge in [0, 0.05) is 19.3 Å². The van der Waals surface area contributed by atoms with Crippen molar-refractivity contribution in [2.45, 2.75) is 33.0 Å². The molecule has 1 saturated heterocycles. The number of carboxylic acids is 1. The fraction of sp³-hybridized carbons (Fsp3) is 0.538. The molecule has 1 N–H and O–H groups in total. The highest BCUT2D eigenvalue weighted by Gasteiger charge is 2.23. The molecule has 1 aliphatic heterocycles. The number of aromatic carboxylic acids is 1. The molecule has 0 aromatic carbocycles. The molecule has 0 radical (unpaired) electrons. The van der Waals surface area contributed by atoms with Crippen molar-refractivity contribution in [2.75, 3.05) is 18.0 Å². The average Bonchev–Trinajstić information content (AvgIpc) is 2.26. The van der Waals surface area contributed by atoms with E-state index in [1.54, 1.807) is 6.92 Å². The van der Waals surface area contributed by atoms with Gasteiger partial charge < -0.3 is 14.7 Å². The van der Waals surface area contributed by atoms with Crippen molar-refractivity contribution in [3.05, 3.63) is 23.4 Å². The van der Waals surface area contributed by atoms with Crippen LogP contribution in [0.5, 0.6) is 0 Å². The van der Waals surface area contributed by atoms with Crippen molar-refractivity contribution in [1.82, 2.24) is 4.98 Å². The van der Waals surface area contributed by atoms with Crippen molar-refractivity contribution < 1.29 is 14.6 Å². The lowest BCUT2D eigenvalue weighted by atomic mass is 10.1. The molecule has 2 atom stereocenters. The summed E-state index contributed by atoms with van der Waals surface area (Å²) < 4.78 is 5.67. The fourth-order valence-corrected chi connectivity index (χ4v) is 2.30. The average molecular weight is 250 g/mol. The van der Waals surface area contributed by atoms with Gasteiger partial charge in [-0.1, -0.05) is 0 Å². The number of aryl methyl sites for hydroxylation is 1. The first-order valence-electron chi connectivity index (χ1n) is 6.07. The summed E-state index contributed by atoms with van der Waals surface area (Å²) in [5.74, 6) is -0.116. The van der Waals surface area contributed by atoms with Gasteiger partial charge in [-0.05, 0) is 32.4 Å². The Morgan fingerprint density at radius 2 is 2.06 bits per heavy atom. The summed E-state index contributed by atoms with van der Waals surface area (Å²) in [5, 5.41) is 8.98. The topological polar surface area (TPSA) is 62.7 Å². The number of hydrogen-bond donors (Lipinski definition) is 1. The van der Waals surface area contributed by atoms with E-state index in [4.69, 9.17) is 9.84 Å². The minimum Gasteiger partial charge on any atom is -0.478 e. The number of pyridine rings is 1. The first kappa shape index (κ1) is 12.8. The Hall–Kier alpha value is -1.62. The number of hydrogen-bond acceptors (Lipinski definition) is 4. The highest BCUT2D eigenvalue weighted by molar-refractivity contribution is 5.89. The van der Waals surface area contributed by atoms with Crippen LogP contribution >= 0.6 is 0 Å². The highest BCUT2D eigenvalue weighted by Crippen LogP contribution is 2.20. The van der Waals surface area contributed by atoms with Gasteiger partial charge >= 0.3 is 5.97 Å². The second kappa shape index (κ2) is 4.94. The molecule has 0 aliphatic carbocycles. The van der Waals surface area contributed by atoms with Gasteiger partial charge in [-0.15, -0.1) is 0 Å². The van der Waals surface area contributed by atoms with E-state index >= 15 is 0 Å². The second-order valence-electron chi connectivity index (χ2n) is 4.82. The first-order chi connectivity index (χ1) is 8.47. The molecule has 5 heteroatoms. The Morgan fingerprint density at radius 3 is 2.56 bits per heavy atom. The molecule has 5 nitrogen and oxygen atoms in total. The monoisotopic (exact) mass is 250 g/mol. The lowest BCUT2D eigenvalue weighted by Gasteiger charge is -2.36. The van der Waals surface area contributed by atoms with Gasteiger partial charge in [0.1, 0.15) is 5.82 Å². The van der Waals surface area contributed by atoms with Crippen LogP contribution < -0.4 is 4.90 Å². The minimum absolute atomic E-state index is 0.162. The van der Waals surface area contributed by atoms with Crippen LogP contribution in [-0.4, -0.2) is 41.4 Å². The molecule has 2 unspecified atom stereocenters. The van der Waals surface area contributed by atoms with E-state index in [9.17, 15) is 4.79 Å². The smallest absolute Gasteiger partial charge is 0.337 e. The summed E-state index contributed by atoms with van der Waals surface area (Å²) in [4.78, 5) is 17.3. The maximum Gasteiger partial charge on any atom is 0.337 e. The Kier molecular flexibility index (Phi) is 3.52. The van der Waals surface area contributed by atoms with Crippen LogP contribution in [0.25, 0.3) is 0 Å². The molecule has 1 aliphatic rings. The number of ether oxygens (including phenoxy) is 1. The zero-order valence-electron chi connectivity index (χ0n) is 10.9. The maximum absolute atomic E-state index is 10.9. The van der Waals surface area contributed by atoms with Gasteiger partial charge in [-0.25, -0.2) is 9.78 Å². The summed E-state index contributed by atoms with van der Waals surface area (Å²) in [5.41, 5.74) is 0.993. The molecule has 98 valence electrons. The Labute approximate surface area is 106 Å². The maximum atomic E-state index is 10.9. The molecule has 0 amide bonds. The van der Waals surface area contributed by atoms with Gasteiger partial charge in [-0.2, -0.15) is 0 Å². The van der Waals surface area contributed by atoms with Crippen molar-refractivity contribution in [3.63, 3.8) is 0 Å². The number of rotatable bonds is 2. The number of carbonyl (C=O) groups is 1. The normalized spacial score (nSPS) is 24.1. The summed E-state index contributed by atoms with van der Waals surface area (Å²) in [6.45, 7) is 7.41. The lowest BCUT2D eigenvalue weighted by Crippen LogP contribution is -2.45. The highest BCUT2D eigenvalue weighted by atomic mass is 16.5. The third-order valence-corrected chi connectivity index (χ3v) is 3.07. The molecule has 2 heterocycles. The third-order valence-electron chi connectivity index (χ3n) is 3.07. The minimum atomic E-state index is -0.935. The Morgan fingerprint density at radius 1 is 1.44 bits per heavy atom. The summed E-state index contributed by atoms with van der Waals surface area (Å²) in [7, 11) is 0. The van der Waals surface area contributed by atoms with Gasteiger partial charge in [0.05, 0.1) is 17.8 Å².